The third-order valence-corrected chi connectivity index (χ3v) is 5.96. The zero-order chi connectivity index (χ0) is 28.1. The van der Waals surface area contributed by atoms with Crippen LogP contribution in [0.5, 0.6) is 0 Å². The second-order valence-corrected chi connectivity index (χ2v) is 8.82. The third-order valence-electron chi connectivity index (χ3n) is 5.55. The molecule has 13 heteroatoms. The number of hydrogen-bond donors (Lipinski definition) is 0. The molecule has 1 saturated heterocycles. The minimum absolute atomic E-state index is 0.0137. The number of ether oxygens (including phenoxy) is 5. The number of furan rings is 1. The molecule has 0 radical (unpaired) electrons. The largest absolute Gasteiger partial charge is 0.464 e. The molecule has 3 heterocycles. The molecule has 0 bridgehead atoms. The summed E-state index contributed by atoms with van der Waals surface area (Å²) in [6.45, 7) is 5.87. The summed E-state index contributed by atoms with van der Waals surface area (Å²) in [5, 5.41) is 9.95. The van der Waals surface area contributed by atoms with E-state index in [0.29, 0.717) is 17.0 Å². The van der Waals surface area contributed by atoms with Crippen molar-refractivity contribution < 1.29 is 47.3 Å². The van der Waals surface area contributed by atoms with Gasteiger partial charge in [0.1, 0.15) is 29.2 Å². The summed E-state index contributed by atoms with van der Waals surface area (Å²) in [6, 6.07) is 7.04. The normalized spacial score (nSPS) is 22.6. The first-order valence-electron chi connectivity index (χ1n) is 11.4. The Balaban J connectivity index is 2.24. The molecule has 0 amide bonds. The van der Waals surface area contributed by atoms with Crippen molar-refractivity contribution in [3.05, 3.63) is 40.4 Å². The molecule has 1 fully saturated rings. The molecule has 2 aromatic rings. The van der Waals surface area contributed by atoms with E-state index in [0.717, 1.165) is 20.8 Å². The first-order valence-corrected chi connectivity index (χ1v) is 11.9. The van der Waals surface area contributed by atoms with Gasteiger partial charge < -0.3 is 32.7 Å². The van der Waals surface area contributed by atoms with Crippen LogP contribution >= 0.6 is 12.2 Å². The van der Waals surface area contributed by atoms with Gasteiger partial charge >= 0.3 is 23.9 Å². The van der Waals surface area contributed by atoms with Crippen LogP contribution in [0, 0.1) is 22.9 Å². The molecule has 38 heavy (non-hydrogen) atoms. The SMILES string of the molecule is CC(=O)OC[C@@H]1O[C@@H](n2c(C)cc(-c3ccco3)c(C#N)c2=S)[C@@H](OC(C)=O)[C@H](OC(C)=O)[C@@H]1OC(C)=O. The third kappa shape index (κ3) is 6.27. The van der Waals surface area contributed by atoms with Crippen LogP contribution in [0.3, 0.4) is 0 Å². The summed E-state index contributed by atoms with van der Waals surface area (Å²) in [5.41, 5.74) is 0.983. The van der Waals surface area contributed by atoms with Crippen LogP contribution in [0.15, 0.2) is 28.9 Å². The van der Waals surface area contributed by atoms with E-state index in [1.165, 1.54) is 17.8 Å². The van der Waals surface area contributed by atoms with Crippen LogP contribution < -0.4 is 0 Å². The molecule has 3 rings (SSSR count). The summed E-state index contributed by atoms with van der Waals surface area (Å²) in [6.07, 6.45) is -5.06. The van der Waals surface area contributed by atoms with E-state index >= 15 is 0 Å². The maximum atomic E-state index is 12.2. The van der Waals surface area contributed by atoms with Crippen LogP contribution in [0.25, 0.3) is 11.3 Å². The van der Waals surface area contributed by atoms with Gasteiger partial charge in [-0.3, -0.25) is 19.2 Å². The summed E-state index contributed by atoms with van der Waals surface area (Å²) in [4.78, 5) is 47.8. The second kappa shape index (κ2) is 12.0. The van der Waals surface area contributed by atoms with E-state index < -0.39 is 61.1 Å². The molecule has 0 aliphatic carbocycles. The highest BCUT2D eigenvalue weighted by molar-refractivity contribution is 7.71. The average molecular weight is 547 g/mol. The van der Waals surface area contributed by atoms with Gasteiger partial charge in [-0.25, -0.2) is 0 Å². The van der Waals surface area contributed by atoms with Crippen molar-refractivity contribution in [3.63, 3.8) is 0 Å². The first kappa shape index (κ1) is 28.5. The van der Waals surface area contributed by atoms with Crippen molar-refractivity contribution in [2.24, 2.45) is 0 Å². The van der Waals surface area contributed by atoms with Gasteiger partial charge in [-0.15, -0.1) is 0 Å². The van der Waals surface area contributed by atoms with Crippen molar-refractivity contribution in [2.75, 3.05) is 6.61 Å². The first-order chi connectivity index (χ1) is 17.9. The lowest BCUT2D eigenvalue weighted by Gasteiger charge is -2.45. The average Bonchev–Trinajstić information content (AvgIpc) is 3.35. The van der Waals surface area contributed by atoms with Crippen LogP contribution in [0.2, 0.25) is 0 Å². The van der Waals surface area contributed by atoms with Crippen LogP contribution in [-0.4, -0.2) is 59.5 Å². The van der Waals surface area contributed by atoms with Gasteiger partial charge in [0, 0.05) is 39.0 Å². The smallest absolute Gasteiger partial charge is 0.303 e. The lowest BCUT2D eigenvalue weighted by Crippen LogP contribution is -2.60. The Bertz CT molecular complexity index is 1330. The van der Waals surface area contributed by atoms with Crippen LogP contribution in [0.1, 0.15) is 45.2 Å². The number of esters is 4. The second-order valence-electron chi connectivity index (χ2n) is 8.43. The predicted octanol–water partition coefficient (Wildman–Crippen LogP) is 2.91. The molecule has 12 nitrogen and oxygen atoms in total. The highest BCUT2D eigenvalue weighted by Crippen LogP contribution is 2.37. The van der Waals surface area contributed by atoms with Crippen molar-refractivity contribution in [3.8, 4) is 17.4 Å². The van der Waals surface area contributed by atoms with Gasteiger partial charge in [0.25, 0.3) is 0 Å². The summed E-state index contributed by atoms with van der Waals surface area (Å²) >= 11 is 5.66. The molecule has 0 aromatic carbocycles. The van der Waals surface area contributed by atoms with Crippen molar-refractivity contribution >= 4 is 36.1 Å². The molecular formula is C25H26N2O10S. The van der Waals surface area contributed by atoms with E-state index in [1.807, 2.05) is 0 Å². The zero-order valence-corrected chi connectivity index (χ0v) is 22.1. The van der Waals surface area contributed by atoms with Crippen molar-refractivity contribution in [2.45, 2.75) is 65.3 Å². The molecule has 1 aliphatic heterocycles. The molecule has 5 atom stereocenters. The Labute approximate surface area is 223 Å². The fourth-order valence-electron chi connectivity index (χ4n) is 4.21. The fourth-order valence-corrected chi connectivity index (χ4v) is 4.61. The minimum atomic E-state index is -1.38. The molecular weight excluding hydrogens is 520 g/mol. The van der Waals surface area contributed by atoms with E-state index in [4.69, 9.17) is 40.3 Å². The van der Waals surface area contributed by atoms with Gasteiger partial charge in [0.05, 0.1) is 11.8 Å². The summed E-state index contributed by atoms with van der Waals surface area (Å²) in [7, 11) is 0. The number of carbonyl (C=O) groups excluding carboxylic acids is 4. The Morgan fingerprint density at radius 2 is 1.61 bits per heavy atom. The highest BCUT2D eigenvalue weighted by atomic mass is 32.1. The Kier molecular flexibility index (Phi) is 9.03. The van der Waals surface area contributed by atoms with Crippen molar-refractivity contribution in [1.82, 2.24) is 4.57 Å². The van der Waals surface area contributed by atoms with Gasteiger partial charge in [0.15, 0.2) is 24.5 Å². The van der Waals surface area contributed by atoms with Crippen LogP contribution in [-0.2, 0) is 42.9 Å². The van der Waals surface area contributed by atoms with E-state index in [2.05, 4.69) is 6.07 Å². The summed E-state index contributed by atoms with van der Waals surface area (Å²) < 4.78 is 34.6. The molecule has 2 aromatic heterocycles. The van der Waals surface area contributed by atoms with Gasteiger partial charge in [-0.2, -0.15) is 5.26 Å². The lowest BCUT2D eigenvalue weighted by molar-refractivity contribution is -0.269. The number of carbonyl (C=O) groups is 4. The zero-order valence-electron chi connectivity index (χ0n) is 21.3. The molecule has 0 unspecified atom stereocenters. The minimum Gasteiger partial charge on any atom is -0.464 e. The number of pyridine rings is 1. The maximum Gasteiger partial charge on any atom is 0.303 e. The Hall–Kier alpha value is -4.02. The Morgan fingerprint density at radius 1 is 1.00 bits per heavy atom. The number of aryl methyl sites for hydroxylation is 1. The molecule has 1 aliphatic rings. The fraction of sp³-hybridized carbons (Fsp3) is 0.440. The van der Waals surface area contributed by atoms with Gasteiger partial charge in [-0.05, 0) is 25.1 Å². The summed E-state index contributed by atoms with van der Waals surface area (Å²) in [5.74, 6) is -2.49. The molecule has 0 saturated carbocycles. The van der Waals surface area contributed by atoms with Gasteiger partial charge in [-0.1, -0.05) is 12.2 Å². The number of nitriles is 1. The predicted molar refractivity (Wildman–Crippen MR) is 130 cm³/mol. The Morgan fingerprint density at radius 3 is 2.13 bits per heavy atom. The topological polar surface area (TPSA) is 156 Å². The highest BCUT2D eigenvalue weighted by Gasteiger charge is 2.53. The van der Waals surface area contributed by atoms with Crippen molar-refractivity contribution in [1.29, 1.82) is 5.26 Å². The van der Waals surface area contributed by atoms with Crippen LogP contribution in [0.4, 0.5) is 0 Å². The quantitative estimate of drug-likeness (QED) is 0.285. The molecule has 0 N–H and O–H groups in total. The number of rotatable bonds is 7. The maximum absolute atomic E-state index is 12.2. The monoisotopic (exact) mass is 546 g/mol. The van der Waals surface area contributed by atoms with E-state index in [1.54, 1.807) is 25.1 Å². The lowest BCUT2D eigenvalue weighted by atomic mass is 9.96. The number of aromatic nitrogens is 1. The van der Waals surface area contributed by atoms with E-state index in [-0.39, 0.29) is 10.2 Å². The molecule has 202 valence electrons. The number of nitrogens with zero attached hydrogens (tertiary/aromatic N) is 2. The number of hydrogen-bond acceptors (Lipinski definition) is 12. The van der Waals surface area contributed by atoms with E-state index in [9.17, 15) is 24.4 Å². The standard InChI is InChI=1S/C25H26N2O10S/c1-12-9-17(19-7-6-8-32-19)18(10-26)25(38)27(12)24-23(36-16(5)31)22(35-15(4)30)21(34-14(3)29)20(37-24)11-33-13(2)28/h6-9,20-24H,11H2,1-5H3/t20-,21+,22+,23-,24+/m0/s1. The molecule has 0 spiro atoms. The van der Waals surface area contributed by atoms with Gasteiger partial charge in [0.2, 0.25) is 0 Å².